The van der Waals surface area contributed by atoms with Crippen molar-refractivity contribution in [1.29, 1.82) is 0 Å². The van der Waals surface area contributed by atoms with Gasteiger partial charge in [0.25, 0.3) is 5.91 Å². The molecular weight excluding hydrogens is 671 g/mol. The van der Waals surface area contributed by atoms with Crippen LogP contribution in [0.3, 0.4) is 0 Å². The predicted octanol–water partition coefficient (Wildman–Crippen LogP) is 8.34. The smallest absolute Gasteiger partial charge is 0.262 e. The molecule has 10 nitrogen and oxygen atoms in total. The number of aromatic nitrogens is 2. The Labute approximate surface area is 304 Å². The lowest BCUT2D eigenvalue weighted by atomic mass is 10.1. The Hall–Kier alpha value is -4.74. The van der Waals surface area contributed by atoms with Gasteiger partial charge in [-0.25, -0.2) is 9.37 Å². The number of halogens is 2. The molecule has 2 heterocycles. The van der Waals surface area contributed by atoms with Crippen LogP contribution in [-0.4, -0.2) is 70.9 Å². The summed E-state index contributed by atoms with van der Waals surface area (Å²) in [5, 5.41) is 6.19. The second-order valence-electron chi connectivity index (χ2n) is 12.6. The first-order valence-corrected chi connectivity index (χ1v) is 17.9. The van der Waals surface area contributed by atoms with Crippen LogP contribution in [0.1, 0.15) is 66.6 Å². The van der Waals surface area contributed by atoms with Crippen LogP contribution in [0.5, 0.6) is 17.4 Å². The first-order chi connectivity index (χ1) is 24.6. The number of likely N-dealkylation sites (tertiary alicyclic amines) is 1. The quantitative estimate of drug-likeness (QED) is 0.118. The Bertz CT molecular complexity index is 1810. The van der Waals surface area contributed by atoms with E-state index in [0.717, 1.165) is 42.7 Å². The first-order valence-electron chi connectivity index (χ1n) is 17.6. The lowest BCUT2D eigenvalue weighted by Gasteiger charge is -2.26. The van der Waals surface area contributed by atoms with Crippen LogP contribution in [0, 0.1) is 19.7 Å². The molecular formula is C39H46ClFN6O4. The third-order valence-corrected chi connectivity index (χ3v) is 9.20. The van der Waals surface area contributed by atoms with Crippen LogP contribution in [0.15, 0.2) is 60.8 Å². The van der Waals surface area contributed by atoms with E-state index in [4.69, 9.17) is 21.1 Å². The van der Waals surface area contributed by atoms with Crippen LogP contribution in [0.25, 0.3) is 0 Å². The number of carbonyl (C=O) groups is 2. The van der Waals surface area contributed by atoms with Gasteiger partial charge in [0.05, 0.1) is 18.1 Å². The van der Waals surface area contributed by atoms with Gasteiger partial charge in [-0.3, -0.25) is 9.59 Å². The summed E-state index contributed by atoms with van der Waals surface area (Å²) in [6, 6.07) is 15.3. The Morgan fingerprint density at radius 2 is 1.71 bits per heavy atom. The predicted molar refractivity (Wildman–Crippen MR) is 199 cm³/mol. The number of benzene rings is 3. The SMILES string of the molecule is CCN(CC)C(=O)Cc1ccc(Oc2nc(Nc3ccc(OCCCN4CCCCC4)c(F)c3)ncc2C(=O)Nc2c(C)cccc2C)c(Cl)c1. The molecule has 270 valence electrons. The number of hydrogen-bond donors (Lipinski definition) is 2. The summed E-state index contributed by atoms with van der Waals surface area (Å²) in [5.41, 5.74) is 3.60. The minimum atomic E-state index is -0.523. The van der Waals surface area contributed by atoms with Gasteiger partial charge in [0.1, 0.15) is 11.3 Å². The number of nitrogens with zero attached hydrogens (tertiary/aromatic N) is 4. The zero-order chi connectivity index (χ0) is 36.3. The molecule has 1 fully saturated rings. The number of para-hydroxylation sites is 1. The number of ether oxygens (including phenoxy) is 2. The van der Waals surface area contributed by atoms with Gasteiger partial charge in [-0.05, 0) is 101 Å². The van der Waals surface area contributed by atoms with E-state index in [1.54, 1.807) is 35.2 Å². The monoisotopic (exact) mass is 716 g/mol. The summed E-state index contributed by atoms with van der Waals surface area (Å²) in [4.78, 5) is 39.3. The Balaban J connectivity index is 1.34. The summed E-state index contributed by atoms with van der Waals surface area (Å²) in [6.07, 6.45) is 6.09. The van der Waals surface area contributed by atoms with Gasteiger partial charge in [-0.2, -0.15) is 4.98 Å². The minimum Gasteiger partial charge on any atom is -0.490 e. The van der Waals surface area contributed by atoms with Gasteiger partial charge < -0.3 is 29.9 Å². The van der Waals surface area contributed by atoms with Crippen molar-refractivity contribution >= 4 is 40.7 Å². The molecule has 0 saturated carbocycles. The van der Waals surface area contributed by atoms with E-state index in [1.165, 1.54) is 31.5 Å². The van der Waals surface area contributed by atoms with Crippen molar-refractivity contribution in [2.45, 2.75) is 59.8 Å². The second kappa shape index (κ2) is 18.0. The summed E-state index contributed by atoms with van der Waals surface area (Å²) in [7, 11) is 0. The second-order valence-corrected chi connectivity index (χ2v) is 13.0. The molecule has 0 bridgehead atoms. The number of carbonyl (C=O) groups excluding carboxylic acids is 2. The molecule has 1 saturated heterocycles. The number of nitrogens with one attached hydrogen (secondary N) is 2. The van der Waals surface area contributed by atoms with Crippen molar-refractivity contribution in [3.8, 4) is 17.4 Å². The molecule has 0 unspecified atom stereocenters. The Morgan fingerprint density at radius 1 is 0.980 bits per heavy atom. The van der Waals surface area contributed by atoms with Gasteiger partial charge in [0, 0.05) is 43.3 Å². The molecule has 2 amide bonds. The highest BCUT2D eigenvalue weighted by molar-refractivity contribution is 6.32. The zero-order valence-corrected chi connectivity index (χ0v) is 30.5. The maximum Gasteiger partial charge on any atom is 0.262 e. The highest BCUT2D eigenvalue weighted by atomic mass is 35.5. The number of likely N-dealkylation sites (N-methyl/N-ethyl adjacent to an activating group) is 1. The van der Waals surface area contributed by atoms with E-state index in [2.05, 4.69) is 25.5 Å². The molecule has 0 aliphatic carbocycles. The van der Waals surface area contributed by atoms with Crippen LogP contribution in [-0.2, 0) is 11.2 Å². The molecule has 12 heteroatoms. The molecule has 1 aliphatic heterocycles. The molecule has 5 rings (SSSR count). The maximum absolute atomic E-state index is 15.1. The Morgan fingerprint density at radius 3 is 2.39 bits per heavy atom. The van der Waals surface area contributed by atoms with Gasteiger partial charge in [-0.15, -0.1) is 0 Å². The molecule has 4 aromatic rings. The van der Waals surface area contributed by atoms with E-state index in [1.807, 2.05) is 45.9 Å². The van der Waals surface area contributed by atoms with Crippen molar-refractivity contribution in [3.05, 3.63) is 93.9 Å². The van der Waals surface area contributed by atoms with Crippen LogP contribution < -0.4 is 20.1 Å². The standard InChI is InChI=1S/C39H46ClFN6O4/c1-5-47(6-2)35(48)23-28-14-16-33(31(40)22-28)51-38-30(37(49)44-36-26(3)12-10-13-27(36)4)25-42-39(45-38)43-29-15-17-34(32(41)24-29)50-21-11-20-46-18-8-7-9-19-46/h10,12-17,22,24-25H,5-9,11,18-21,23H2,1-4H3,(H,44,49)(H,42,43,45). The van der Waals surface area contributed by atoms with E-state index in [9.17, 15) is 9.59 Å². The average Bonchev–Trinajstić information content (AvgIpc) is 3.11. The third-order valence-electron chi connectivity index (χ3n) is 8.91. The summed E-state index contributed by atoms with van der Waals surface area (Å²) in [5.74, 6) is -0.621. The van der Waals surface area contributed by atoms with Crippen molar-refractivity contribution in [2.75, 3.05) is 50.0 Å². The third kappa shape index (κ3) is 10.2. The average molecular weight is 717 g/mol. The van der Waals surface area contributed by atoms with Gasteiger partial charge in [-0.1, -0.05) is 42.3 Å². The van der Waals surface area contributed by atoms with E-state index >= 15 is 4.39 Å². The zero-order valence-electron chi connectivity index (χ0n) is 29.7. The molecule has 0 spiro atoms. The lowest BCUT2D eigenvalue weighted by Crippen LogP contribution is -2.31. The molecule has 51 heavy (non-hydrogen) atoms. The molecule has 1 aromatic heterocycles. The molecule has 0 radical (unpaired) electrons. The molecule has 2 N–H and O–H groups in total. The first kappa shape index (κ1) is 37.5. The number of amides is 2. The van der Waals surface area contributed by atoms with Crippen molar-refractivity contribution in [1.82, 2.24) is 19.8 Å². The fraction of sp³-hybridized carbons (Fsp3) is 0.385. The molecule has 0 atom stereocenters. The van der Waals surface area contributed by atoms with E-state index < -0.39 is 11.7 Å². The minimum absolute atomic E-state index is 0.00870. The number of rotatable bonds is 15. The number of aryl methyl sites for hydroxylation is 2. The summed E-state index contributed by atoms with van der Waals surface area (Å²) >= 11 is 6.63. The van der Waals surface area contributed by atoms with Crippen LogP contribution in [0.4, 0.5) is 21.7 Å². The normalized spacial score (nSPS) is 13.1. The topological polar surface area (TPSA) is 109 Å². The van der Waals surface area contributed by atoms with Gasteiger partial charge >= 0.3 is 0 Å². The fourth-order valence-electron chi connectivity index (χ4n) is 6.03. The van der Waals surface area contributed by atoms with Gasteiger partial charge in [0.2, 0.25) is 17.7 Å². The maximum atomic E-state index is 15.1. The number of hydrogen-bond acceptors (Lipinski definition) is 8. The highest BCUT2D eigenvalue weighted by Crippen LogP contribution is 2.33. The van der Waals surface area contributed by atoms with Gasteiger partial charge in [0.15, 0.2) is 11.6 Å². The number of piperidine rings is 1. The largest absolute Gasteiger partial charge is 0.490 e. The Kier molecular flexibility index (Phi) is 13.2. The van der Waals surface area contributed by atoms with Crippen molar-refractivity contribution < 1.29 is 23.5 Å². The van der Waals surface area contributed by atoms with Crippen LogP contribution >= 0.6 is 11.6 Å². The molecule has 1 aliphatic rings. The van der Waals surface area contributed by atoms with Crippen molar-refractivity contribution in [3.63, 3.8) is 0 Å². The lowest BCUT2D eigenvalue weighted by molar-refractivity contribution is -0.130. The summed E-state index contributed by atoms with van der Waals surface area (Å²) in [6.45, 7) is 12.5. The highest BCUT2D eigenvalue weighted by Gasteiger charge is 2.21. The summed E-state index contributed by atoms with van der Waals surface area (Å²) < 4.78 is 26.9. The van der Waals surface area contributed by atoms with E-state index in [0.29, 0.717) is 31.1 Å². The number of anilines is 3. The van der Waals surface area contributed by atoms with Crippen LogP contribution in [0.2, 0.25) is 5.02 Å². The fourth-order valence-corrected chi connectivity index (χ4v) is 6.28. The molecule has 3 aromatic carbocycles. The van der Waals surface area contributed by atoms with E-state index in [-0.39, 0.29) is 46.2 Å². The van der Waals surface area contributed by atoms with Crippen molar-refractivity contribution in [2.24, 2.45) is 0 Å².